The Morgan fingerprint density at radius 2 is 1.86 bits per heavy atom. The van der Waals surface area contributed by atoms with E-state index in [1.807, 2.05) is 0 Å². The van der Waals surface area contributed by atoms with Crippen LogP contribution in [-0.2, 0) is 9.53 Å². The zero-order valence-corrected chi connectivity index (χ0v) is 8.58. The molecule has 0 amide bonds. The fraction of sp³-hybridized carbons (Fsp3) is 0.917. The zero-order chi connectivity index (χ0) is 9.54. The first-order valence-corrected chi connectivity index (χ1v) is 6.04. The lowest BCUT2D eigenvalue weighted by atomic mass is 9.81. The third-order valence-corrected chi connectivity index (χ3v) is 4.23. The minimum atomic E-state index is 0.275. The molecule has 1 saturated carbocycles. The summed E-state index contributed by atoms with van der Waals surface area (Å²) >= 11 is 0. The van der Waals surface area contributed by atoms with E-state index in [4.69, 9.17) is 4.74 Å². The van der Waals surface area contributed by atoms with E-state index in [0.29, 0.717) is 23.9 Å². The molecule has 14 heavy (non-hydrogen) atoms. The van der Waals surface area contributed by atoms with Crippen molar-refractivity contribution >= 4 is 5.78 Å². The van der Waals surface area contributed by atoms with Crippen LogP contribution in [0.1, 0.15) is 44.9 Å². The lowest BCUT2D eigenvalue weighted by Crippen LogP contribution is -2.29. The molecule has 3 unspecified atom stereocenters. The van der Waals surface area contributed by atoms with Crippen molar-refractivity contribution in [2.45, 2.75) is 57.2 Å². The predicted octanol–water partition coefficient (Wildman–Crippen LogP) is 2.31. The Kier molecular flexibility index (Phi) is 2.12. The molecule has 2 nitrogen and oxygen atoms in total. The summed E-state index contributed by atoms with van der Waals surface area (Å²) in [5.41, 5.74) is 0. The smallest absolute Gasteiger partial charge is 0.141 e. The first-order chi connectivity index (χ1) is 6.84. The molecule has 0 spiro atoms. The van der Waals surface area contributed by atoms with Crippen LogP contribution in [-0.4, -0.2) is 18.0 Å². The summed E-state index contributed by atoms with van der Waals surface area (Å²) in [6.45, 7) is 0. The van der Waals surface area contributed by atoms with Gasteiger partial charge in [0.1, 0.15) is 5.78 Å². The van der Waals surface area contributed by atoms with E-state index in [1.165, 1.54) is 19.3 Å². The summed E-state index contributed by atoms with van der Waals surface area (Å²) in [5, 5.41) is 0. The Morgan fingerprint density at radius 1 is 1.07 bits per heavy atom. The first-order valence-electron chi connectivity index (χ1n) is 6.04. The van der Waals surface area contributed by atoms with Gasteiger partial charge in [-0.15, -0.1) is 0 Å². The zero-order valence-electron chi connectivity index (χ0n) is 8.58. The van der Waals surface area contributed by atoms with Crippen molar-refractivity contribution in [3.8, 4) is 0 Å². The largest absolute Gasteiger partial charge is 0.374 e. The first kappa shape index (κ1) is 8.90. The van der Waals surface area contributed by atoms with Crippen molar-refractivity contribution in [2.24, 2.45) is 11.8 Å². The maximum absolute atomic E-state index is 12.2. The van der Waals surface area contributed by atoms with E-state index in [9.17, 15) is 4.79 Å². The molecule has 3 fully saturated rings. The summed E-state index contributed by atoms with van der Waals surface area (Å²) < 4.78 is 5.74. The van der Waals surface area contributed by atoms with Crippen molar-refractivity contribution in [3.63, 3.8) is 0 Å². The molecule has 0 N–H and O–H groups in total. The average Bonchev–Trinajstić information content (AvgIpc) is 2.93. The molecule has 3 atom stereocenters. The topological polar surface area (TPSA) is 26.3 Å². The van der Waals surface area contributed by atoms with Gasteiger partial charge in [0.15, 0.2) is 0 Å². The SMILES string of the molecule is O=C(C1CCCC1)C1CC2CCC1O2. The second kappa shape index (κ2) is 3.34. The minimum Gasteiger partial charge on any atom is -0.374 e. The van der Waals surface area contributed by atoms with Crippen LogP contribution < -0.4 is 0 Å². The molecule has 2 heterocycles. The van der Waals surface area contributed by atoms with Gasteiger partial charge in [0.25, 0.3) is 0 Å². The van der Waals surface area contributed by atoms with Gasteiger partial charge in [-0.05, 0) is 32.1 Å². The fourth-order valence-electron chi connectivity index (χ4n) is 3.45. The van der Waals surface area contributed by atoms with E-state index in [2.05, 4.69) is 0 Å². The van der Waals surface area contributed by atoms with Crippen molar-refractivity contribution in [1.29, 1.82) is 0 Å². The molecule has 0 aromatic carbocycles. The van der Waals surface area contributed by atoms with Gasteiger partial charge in [-0.1, -0.05) is 12.8 Å². The van der Waals surface area contributed by atoms with Gasteiger partial charge < -0.3 is 4.74 Å². The number of carbonyl (C=O) groups is 1. The van der Waals surface area contributed by atoms with Crippen molar-refractivity contribution in [2.75, 3.05) is 0 Å². The lowest BCUT2D eigenvalue weighted by molar-refractivity contribution is -0.128. The maximum Gasteiger partial charge on any atom is 0.141 e. The molecule has 1 aliphatic carbocycles. The molecule has 2 heteroatoms. The van der Waals surface area contributed by atoms with Crippen molar-refractivity contribution in [3.05, 3.63) is 0 Å². The second-order valence-corrected chi connectivity index (χ2v) is 5.10. The molecular formula is C12H18O2. The highest BCUT2D eigenvalue weighted by Crippen LogP contribution is 2.42. The Balaban J connectivity index is 1.67. The second-order valence-electron chi connectivity index (χ2n) is 5.10. The lowest BCUT2D eigenvalue weighted by Gasteiger charge is -2.20. The summed E-state index contributed by atoms with van der Waals surface area (Å²) in [4.78, 5) is 12.2. The molecule has 78 valence electrons. The molecule has 3 rings (SSSR count). The van der Waals surface area contributed by atoms with Gasteiger partial charge in [0.2, 0.25) is 0 Å². The third-order valence-electron chi connectivity index (χ3n) is 4.23. The van der Waals surface area contributed by atoms with Crippen LogP contribution in [0.2, 0.25) is 0 Å². The van der Waals surface area contributed by atoms with E-state index in [-0.39, 0.29) is 5.92 Å². The number of hydrogen-bond acceptors (Lipinski definition) is 2. The number of carbonyl (C=O) groups excluding carboxylic acids is 1. The molecule has 2 saturated heterocycles. The summed E-state index contributed by atoms with van der Waals surface area (Å²) in [6.07, 6.45) is 8.89. The van der Waals surface area contributed by atoms with Crippen LogP contribution >= 0.6 is 0 Å². The van der Waals surface area contributed by atoms with Gasteiger partial charge in [-0.25, -0.2) is 0 Å². The third kappa shape index (κ3) is 1.31. The van der Waals surface area contributed by atoms with Crippen LogP contribution in [0.15, 0.2) is 0 Å². The highest BCUT2D eigenvalue weighted by Gasteiger charge is 2.45. The maximum atomic E-state index is 12.2. The minimum absolute atomic E-state index is 0.275. The van der Waals surface area contributed by atoms with Gasteiger partial charge in [0.05, 0.1) is 12.2 Å². The molecular weight excluding hydrogens is 176 g/mol. The number of Topliss-reactive ketones (excluding diaryl/α,β-unsaturated/α-hetero) is 1. The predicted molar refractivity (Wildman–Crippen MR) is 53.0 cm³/mol. The van der Waals surface area contributed by atoms with Gasteiger partial charge in [-0.2, -0.15) is 0 Å². The quantitative estimate of drug-likeness (QED) is 0.674. The summed E-state index contributed by atoms with van der Waals surface area (Å²) in [7, 11) is 0. The van der Waals surface area contributed by atoms with Gasteiger partial charge >= 0.3 is 0 Å². The normalized spacial score (nSPS) is 42.1. The summed E-state index contributed by atoms with van der Waals surface area (Å²) in [6, 6.07) is 0. The fourth-order valence-corrected chi connectivity index (χ4v) is 3.45. The molecule has 0 radical (unpaired) electrons. The van der Waals surface area contributed by atoms with Crippen molar-refractivity contribution in [1.82, 2.24) is 0 Å². The Hall–Kier alpha value is -0.370. The van der Waals surface area contributed by atoms with E-state index in [1.54, 1.807) is 0 Å². The highest BCUT2D eigenvalue weighted by atomic mass is 16.5. The van der Waals surface area contributed by atoms with E-state index >= 15 is 0 Å². The number of hydrogen-bond donors (Lipinski definition) is 0. The highest BCUT2D eigenvalue weighted by molar-refractivity contribution is 5.84. The van der Waals surface area contributed by atoms with Gasteiger partial charge in [0, 0.05) is 11.8 Å². The molecule has 2 aliphatic heterocycles. The van der Waals surface area contributed by atoms with Crippen molar-refractivity contribution < 1.29 is 9.53 Å². The standard InChI is InChI=1S/C12H18O2/c13-12(8-3-1-2-4-8)10-7-9-5-6-11(10)14-9/h8-11H,1-7H2. The molecule has 3 aliphatic rings. The Labute approximate surface area is 85.0 Å². The Morgan fingerprint density at radius 3 is 2.43 bits per heavy atom. The van der Waals surface area contributed by atoms with Crippen LogP contribution in [0.4, 0.5) is 0 Å². The van der Waals surface area contributed by atoms with Crippen LogP contribution in [0, 0.1) is 11.8 Å². The van der Waals surface area contributed by atoms with Crippen LogP contribution in [0.25, 0.3) is 0 Å². The van der Waals surface area contributed by atoms with Gasteiger partial charge in [-0.3, -0.25) is 4.79 Å². The van der Waals surface area contributed by atoms with E-state index in [0.717, 1.165) is 25.7 Å². The average molecular weight is 194 g/mol. The van der Waals surface area contributed by atoms with E-state index < -0.39 is 0 Å². The molecule has 0 aromatic rings. The number of rotatable bonds is 2. The molecule has 0 aromatic heterocycles. The molecule has 2 bridgehead atoms. The monoisotopic (exact) mass is 194 g/mol. The number of ether oxygens (including phenoxy) is 1. The Bertz CT molecular complexity index is 243. The summed E-state index contributed by atoms with van der Waals surface area (Å²) in [5.74, 6) is 1.20. The number of ketones is 1. The number of fused-ring (bicyclic) bond motifs is 2. The van der Waals surface area contributed by atoms with Crippen LogP contribution in [0.5, 0.6) is 0 Å². The van der Waals surface area contributed by atoms with Crippen LogP contribution in [0.3, 0.4) is 0 Å².